The predicted octanol–water partition coefficient (Wildman–Crippen LogP) is 5.78. The summed E-state index contributed by atoms with van der Waals surface area (Å²) >= 11 is 5.87. The van der Waals surface area contributed by atoms with Crippen LogP contribution in [0.15, 0.2) is 12.1 Å². The number of aryl methyl sites for hydroxylation is 2. The number of hydrogen-bond donors (Lipinski definition) is 0. The maximum Gasteiger partial charge on any atom is 0.125 e. The van der Waals surface area contributed by atoms with Crippen LogP contribution in [0.4, 0.5) is 0 Å². The molecule has 1 aromatic rings. The second kappa shape index (κ2) is 9.25. The van der Waals surface area contributed by atoms with Crippen molar-refractivity contribution in [3.8, 4) is 5.75 Å². The number of unbranched alkanes of at least 4 members (excludes halogenated alkanes) is 5. The van der Waals surface area contributed by atoms with E-state index in [1.807, 2.05) is 0 Å². The van der Waals surface area contributed by atoms with E-state index in [0.29, 0.717) is 5.88 Å². The van der Waals surface area contributed by atoms with Gasteiger partial charge in [-0.25, -0.2) is 0 Å². The van der Waals surface area contributed by atoms with Crippen molar-refractivity contribution in [3.05, 3.63) is 28.8 Å². The average molecular weight is 283 g/mol. The smallest absolute Gasteiger partial charge is 0.125 e. The van der Waals surface area contributed by atoms with E-state index in [4.69, 9.17) is 16.3 Å². The topological polar surface area (TPSA) is 9.23 Å². The largest absolute Gasteiger partial charge is 0.493 e. The summed E-state index contributed by atoms with van der Waals surface area (Å²) in [5, 5.41) is 0. The summed E-state index contributed by atoms with van der Waals surface area (Å²) in [6.45, 7) is 7.27. The van der Waals surface area contributed by atoms with E-state index in [2.05, 4.69) is 32.9 Å². The van der Waals surface area contributed by atoms with E-state index < -0.39 is 0 Å². The van der Waals surface area contributed by atoms with E-state index in [9.17, 15) is 0 Å². The van der Waals surface area contributed by atoms with Gasteiger partial charge in [0.15, 0.2) is 0 Å². The first kappa shape index (κ1) is 16.4. The van der Waals surface area contributed by atoms with Crippen LogP contribution in [0.2, 0.25) is 0 Å². The molecule has 1 aromatic carbocycles. The Hall–Kier alpha value is -0.690. The number of ether oxygens (including phenoxy) is 1. The first-order chi connectivity index (χ1) is 9.19. The lowest BCUT2D eigenvalue weighted by atomic mass is 10.1. The van der Waals surface area contributed by atoms with Crippen molar-refractivity contribution >= 4 is 11.6 Å². The van der Waals surface area contributed by atoms with Gasteiger partial charge in [-0.3, -0.25) is 0 Å². The monoisotopic (exact) mass is 282 g/mol. The maximum atomic E-state index is 5.93. The molecular formula is C17H27ClO. The van der Waals surface area contributed by atoms with Crippen molar-refractivity contribution in [1.82, 2.24) is 0 Å². The standard InChI is InChI=1S/C17H27ClO/c1-4-5-6-7-8-9-10-19-17-14(2)11-16(13-18)12-15(17)3/h11-12H,4-10,13H2,1-3H3. The Bertz CT molecular complexity index is 351. The van der Waals surface area contributed by atoms with Crippen LogP contribution in [0.5, 0.6) is 5.75 Å². The normalized spacial score (nSPS) is 10.7. The summed E-state index contributed by atoms with van der Waals surface area (Å²) in [6.07, 6.45) is 7.79. The van der Waals surface area contributed by atoms with Crippen LogP contribution in [-0.2, 0) is 5.88 Å². The second-order valence-corrected chi connectivity index (χ2v) is 5.58. The fourth-order valence-electron chi connectivity index (χ4n) is 2.40. The average Bonchev–Trinajstić information content (AvgIpc) is 2.40. The second-order valence-electron chi connectivity index (χ2n) is 5.31. The molecule has 1 rings (SSSR count). The highest BCUT2D eigenvalue weighted by Gasteiger charge is 2.06. The van der Waals surface area contributed by atoms with Crippen LogP contribution in [0.1, 0.15) is 62.1 Å². The van der Waals surface area contributed by atoms with Crippen LogP contribution in [-0.4, -0.2) is 6.61 Å². The molecule has 0 spiro atoms. The Kier molecular flexibility index (Phi) is 7.97. The van der Waals surface area contributed by atoms with Crippen LogP contribution in [0, 0.1) is 13.8 Å². The molecule has 0 aromatic heterocycles. The lowest BCUT2D eigenvalue weighted by Crippen LogP contribution is -2.01. The van der Waals surface area contributed by atoms with E-state index in [1.54, 1.807) is 0 Å². The molecule has 0 N–H and O–H groups in total. The molecule has 1 nitrogen and oxygen atoms in total. The fraction of sp³-hybridized carbons (Fsp3) is 0.647. The van der Waals surface area contributed by atoms with E-state index in [1.165, 1.54) is 48.8 Å². The Morgan fingerprint density at radius 3 is 2.11 bits per heavy atom. The van der Waals surface area contributed by atoms with Gasteiger partial charge in [0, 0.05) is 5.88 Å². The molecule has 0 aliphatic heterocycles. The Morgan fingerprint density at radius 1 is 0.947 bits per heavy atom. The highest BCUT2D eigenvalue weighted by Crippen LogP contribution is 2.25. The Labute approximate surface area is 123 Å². The molecule has 0 saturated carbocycles. The highest BCUT2D eigenvalue weighted by molar-refractivity contribution is 6.17. The van der Waals surface area contributed by atoms with Gasteiger partial charge in [-0.2, -0.15) is 0 Å². The minimum absolute atomic E-state index is 0.569. The molecule has 0 bridgehead atoms. The van der Waals surface area contributed by atoms with Gasteiger partial charge in [-0.15, -0.1) is 11.6 Å². The molecule has 0 atom stereocenters. The maximum absolute atomic E-state index is 5.93. The SMILES string of the molecule is CCCCCCCCOc1c(C)cc(CCl)cc1C. The lowest BCUT2D eigenvalue weighted by Gasteiger charge is -2.13. The number of halogens is 1. The quantitative estimate of drug-likeness (QED) is 0.412. The number of hydrogen-bond acceptors (Lipinski definition) is 1. The predicted molar refractivity (Wildman–Crippen MR) is 84.3 cm³/mol. The molecule has 0 saturated heterocycles. The zero-order valence-corrected chi connectivity index (χ0v) is 13.4. The third-order valence-electron chi connectivity index (χ3n) is 3.42. The van der Waals surface area contributed by atoms with Gasteiger partial charge in [0.05, 0.1) is 6.61 Å². The van der Waals surface area contributed by atoms with Gasteiger partial charge in [0.1, 0.15) is 5.75 Å². The van der Waals surface area contributed by atoms with E-state index in [0.717, 1.165) is 18.8 Å². The summed E-state index contributed by atoms with van der Waals surface area (Å²) in [5.74, 6) is 1.61. The Morgan fingerprint density at radius 2 is 1.53 bits per heavy atom. The molecule has 0 heterocycles. The van der Waals surface area contributed by atoms with Crippen molar-refractivity contribution < 1.29 is 4.74 Å². The zero-order chi connectivity index (χ0) is 14.1. The molecule has 0 radical (unpaired) electrons. The summed E-state index contributed by atoms with van der Waals surface area (Å²) in [7, 11) is 0. The molecule has 0 fully saturated rings. The van der Waals surface area contributed by atoms with Gasteiger partial charge in [-0.05, 0) is 37.0 Å². The van der Waals surface area contributed by atoms with Crippen LogP contribution >= 0.6 is 11.6 Å². The van der Waals surface area contributed by atoms with Gasteiger partial charge < -0.3 is 4.74 Å². The third kappa shape index (κ3) is 5.86. The number of rotatable bonds is 9. The molecule has 0 aliphatic rings. The van der Waals surface area contributed by atoms with Gasteiger partial charge >= 0.3 is 0 Å². The van der Waals surface area contributed by atoms with Gasteiger partial charge in [0.2, 0.25) is 0 Å². The number of alkyl halides is 1. The minimum Gasteiger partial charge on any atom is -0.493 e. The molecule has 2 heteroatoms. The minimum atomic E-state index is 0.569. The van der Waals surface area contributed by atoms with Crippen molar-refractivity contribution in [2.45, 2.75) is 65.2 Å². The Balaban J connectivity index is 2.33. The van der Waals surface area contributed by atoms with Crippen molar-refractivity contribution in [3.63, 3.8) is 0 Å². The summed E-state index contributed by atoms with van der Waals surface area (Å²) in [6, 6.07) is 4.24. The fourth-order valence-corrected chi connectivity index (χ4v) is 2.56. The lowest BCUT2D eigenvalue weighted by molar-refractivity contribution is 0.300. The van der Waals surface area contributed by atoms with Gasteiger partial charge in [0.25, 0.3) is 0 Å². The molecule has 0 aliphatic carbocycles. The molecule has 0 amide bonds. The summed E-state index contributed by atoms with van der Waals surface area (Å²) in [4.78, 5) is 0. The molecule has 108 valence electrons. The summed E-state index contributed by atoms with van der Waals surface area (Å²) in [5.41, 5.74) is 3.56. The molecule has 19 heavy (non-hydrogen) atoms. The van der Waals surface area contributed by atoms with Crippen LogP contribution < -0.4 is 4.74 Å². The van der Waals surface area contributed by atoms with Crippen LogP contribution in [0.25, 0.3) is 0 Å². The first-order valence-corrected chi connectivity index (χ1v) is 8.01. The van der Waals surface area contributed by atoms with Crippen LogP contribution in [0.3, 0.4) is 0 Å². The molecule has 0 unspecified atom stereocenters. The third-order valence-corrected chi connectivity index (χ3v) is 3.73. The van der Waals surface area contributed by atoms with Gasteiger partial charge in [-0.1, -0.05) is 51.2 Å². The first-order valence-electron chi connectivity index (χ1n) is 7.48. The highest BCUT2D eigenvalue weighted by atomic mass is 35.5. The van der Waals surface area contributed by atoms with Crippen molar-refractivity contribution in [2.75, 3.05) is 6.61 Å². The van der Waals surface area contributed by atoms with E-state index in [-0.39, 0.29) is 0 Å². The molecular weight excluding hydrogens is 256 g/mol. The van der Waals surface area contributed by atoms with Crippen molar-refractivity contribution in [2.24, 2.45) is 0 Å². The zero-order valence-electron chi connectivity index (χ0n) is 12.6. The summed E-state index contributed by atoms with van der Waals surface area (Å²) < 4.78 is 5.93. The van der Waals surface area contributed by atoms with E-state index >= 15 is 0 Å². The van der Waals surface area contributed by atoms with Crippen molar-refractivity contribution in [1.29, 1.82) is 0 Å². The number of benzene rings is 1.